The molecule has 1 aliphatic heterocycles. The highest BCUT2D eigenvalue weighted by Crippen LogP contribution is 2.26. The Morgan fingerprint density at radius 1 is 1.38 bits per heavy atom. The van der Waals surface area contributed by atoms with Gasteiger partial charge in [0.2, 0.25) is 10.0 Å². The Kier molecular flexibility index (Phi) is 5.41. The molecule has 0 saturated carbocycles. The molecule has 0 aromatic heterocycles. The van der Waals surface area contributed by atoms with Crippen molar-refractivity contribution in [3.05, 3.63) is 29.8 Å². The van der Waals surface area contributed by atoms with E-state index in [1.54, 1.807) is 10.4 Å². The fourth-order valence-corrected chi connectivity index (χ4v) is 4.69. The van der Waals surface area contributed by atoms with Crippen molar-refractivity contribution in [2.24, 2.45) is 0 Å². The molecule has 1 fully saturated rings. The van der Waals surface area contributed by atoms with Crippen molar-refractivity contribution < 1.29 is 8.42 Å². The van der Waals surface area contributed by atoms with E-state index in [9.17, 15) is 8.42 Å². The first kappa shape index (κ1) is 16.5. The summed E-state index contributed by atoms with van der Waals surface area (Å²) in [4.78, 5) is 0.415. The molecule has 118 valence electrons. The maximum absolute atomic E-state index is 12.8. The molecule has 1 aliphatic rings. The summed E-state index contributed by atoms with van der Waals surface area (Å²) in [7, 11) is -3.38. The van der Waals surface area contributed by atoms with E-state index in [2.05, 4.69) is 12.2 Å². The van der Waals surface area contributed by atoms with Gasteiger partial charge in [0.05, 0.1) is 4.90 Å². The summed E-state index contributed by atoms with van der Waals surface area (Å²) in [6.07, 6.45) is 3.02. The molecule has 2 unspecified atom stereocenters. The summed E-state index contributed by atoms with van der Waals surface area (Å²) >= 11 is 0. The van der Waals surface area contributed by atoms with Gasteiger partial charge in [0, 0.05) is 18.6 Å². The smallest absolute Gasteiger partial charge is 0.243 e. The number of rotatable bonds is 5. The van der Waals surface area contributed by atoms with Crippen molar-refractivity contribution in [2.45, 2.75) is 57.0 Å². The van der Waals surface area contributed by atoms with Crippen LogP contribution in [-0.2, 0) is 10.0 Å². The minimum Gasteiger partial charge on any atom is -0.310 e. The number of hydrogen-bond acceptors (Lipinski definition) is 3. The topological polar surface area (TPSA) is 49.4 Å². The Bertz CT molecular complexity index is 571. The third-order valence-electron chi connectivity index (χ3n) is 4.22. The van der Waals surface area contributed by atoms with E-state index in [1.165, 1.54) is 0 Å². The average Bonchev–Trinajstić information content (AvgIpc) is 2.48. The molecule has 2 rings (SSSR count). The lowest BCUT2D eigenvalue weighted by Crippen LogP contribution is -2.41. The standard InChI is InChI=1S/C16H26N2O2S/c1-4-17-14(3)15-9-7-10-16(12-15)21(19,20)18-11-6-5-8-13(18)2/h7,9-10,12-14,17H,4-6,8,11H2,1-3H3. The Labute approximate surface area is 128 Å². The molecule has 4 nitrogen and oxygen atoms in total. The zero-order valence-corrected chi connectivity index (χ0v) is 14.0. The van der Waals surface area contributed by atoms with Gasteiger partial charge in [-0.05, 0) is 50.9 Å². The summed E-state index contributed by atoms with van der Waals surface area (Å²) < 4.78 is 27.3. The van der Waals surface area contributed by atoms with E-state index in [0.717, 1.165) is 31.4 Å². The van der Waals surface area contributed by atoms with Gasteiger partial charge in [-0.2, -0.15) is 4.31 Å². The fraction of sp³-hybridized carbons (Fsp3) is 0.625. The number of sulfonamides is 1. The molecule has 0 radical (unpaired) electrons. The third-order valence-corrected chi connectivity index (χ3v) is 6.23. The molecule has 1 saturated heterocycles. The van der Waals surface area contributed by atoms with Crippen molar-refractivity contribution in [1.82, 2.24) is 9.62 Å². The maximum Gasteiger partial charge on any atom is 0.243 e. The minimum atomic E-state index is -3.38. The first-order chi connectivity index (χ1) is 9.96. The van der Waals surface area contributed by atoms with Gasteiger partial charge in [-0.25, -0.2) is 8.42 Å². The number of nitrogens with zero attached hydrogens (tertiary/aromatic N) is 1. The molecule has 1 N–H and O–H groups in total. The highest BCUT2D eigenvalue weighted by atomic mass is 32.2. The zero-order chi connectivity index (χ0) is 15.5. The fourth-order valence-electron chi connectivity index (χ4n) is 2.93. The van der Waals surface area contributed by atoms with Crippen LogP contribution in [0.25, 0.3) is 0 Å². The van der Waals surface area contributed by atoms with Gasteiger partial charge in [0.1, 0.15) is 0 Å². The zero-order valence-electron chi connectivity index (χ0n) is 13.2. The summed E-state index contributed by atoms with van der Waals surface area (Å²) in [5.74, 6) is 0. The molecule has 0 amide bonds. The van der Waals surface area contributed by atoms with Crippen molar-refractivity contribution >= 4 is 10.0 Å². The van der Waals surface area contributed by atoms with Gasteiger partial charge in [-0.15, -0.1) is 0 Å². The Morgan fingerprint density at radius 2 is 2.14 bits per heavy atom. The maximum atomic E-state index is 12.8. The largest absolute Gasteiger partial charge is 0.310 e. The summed E-state index contributed by atoms with van der Waals surface area (Å²) in [6, 6.07) is 7.59. The van der Waals surface area contributed by atoms with Crippen LogP contribution in [0.3, 0.4) is 0 Å². The van der Waals surface area contributed by atoms with E-state index >= 15 is 0 Å². The van der Waals surface area contributed by atoms with Crippen molar-refractivity contribution in [3.8, 4) is 0 Å². The van der Waals surface area contributed by atoms with Gasteiger partial charge in [-0.3, -0.25) is 0 Å². The third kappa shape index (κ3) is 3.65. The number of piperidine rings is 1. The first-order valence-corrected chi connectivity index (χ1v) is 9.26. The molecule has 1 heterocycles. The highest BCUT2D eigenvalue weighted by Gasteiger charge is 2.31. The summed E-state index contributed by atoms with van der Waals surface area (Å²) in [5, 5.41) is 3.32. The lowest BCUT2D eigenvalue weighted by atomic mass is 10.1. The molecule has 21 heavy (non-hydrogen) atoms. The van der Waals surface area contributed by atoms with E-state index in [-0.39, 0.29) is 12.1 Å². The summed E-state index contributed by atoms with van der Waals surface area (Å²) in [5.41, 5.74) is 1.02. The van der Waals surface area contributed by atoms with Gasteiger partial charge in [0.25, 0.3) is 0 Å². The van der Waals surface area contributed by atoms with Crippen molar-refractivity contribution in [1.29, 1.82) is 0 Å². The second-order valence-electron chi connectivity index (χ2n) is 5.81. The van der Waals surface area contributed by atoms with Crippen molar-refractivity contribution in [2.75, 3.05) is 13.1 Å². The monoisotopic (exact) mass is 310 g/mol. The lowest BCUT2D eigenvalue weighted by Gasteiger charge is -2.32. The van der Waals surface area contributed by atoms with Crippen LogP contribution in [0.5, 0.6) is 0 Å². The molecule has 0 bridgehead atoms. The highest BCUT2D eigenvalue weighted by molar-refractivity contribution is 7.89. The molecule has 1 aromatic rings. The van der Waals surface area contributed by atoms with E-state index in [0.29, 0.717) is 11.4 Å². The van der Waals surface area contributed by atoms with E-state index < -0.39 is 10.0 Å². The molecule has 0 spiro atoms. The van der Waals surface area contributed by atoms with Gasteiger partial charge in [0.15, 0.2) is 0 Å². The number of nitrogens with one attached hydrogen (secondary N) is 1. The van der Waals surface area contributed by atoms with Crippen LogP contribution in [0.4, 0.5) is 0 Å². The normalized spacial score (nSPS) is 22.1. The SMILES string of the molecule is CCNC(C)c1cccc(S(=O)(=O)N2CCCCC2C)c1. The molecule has 2 atom stereocenters. The quantitative estimate of drug-likeness (QED) is 0.909. The second kappa shape index (κ2) is 6.90. The Hall–Kier alpha value is -0.910. The van der Waals surface area contributed by atoms with Gasteiger partial charge in [-0.1, -0.05) is 25.5 Å². The predicted octanol–water partition coefficient (Wildman–Crippen LogP) is 2.92. The van der Waals surface area contributed by atoms with Crippen LogP contribution in [-0.4, -0.2) is 31.9 Å². The minimum absolute atomic E-state index is 0.0959. The number of benzene rings is 1. The van der Waals surface area contributed by atoms with Crippen LogP contribution < -0.4 is 5.32 Å². The lowest BCUT2D eigenvalue weighted by molar-refractivity contribution is 0.268. The average molecular weight is 310 g/mol. The van der Waals surface area contributed by atoms with Crippen LogP contribution in [0.2, 0.25) is 0 Å². The van der Waals surface area contributed by atoms with Crippen LogP contribution in [0.1, 0.15) is 51.6 Å². The Morgan fingerprint density at radius 3 is 2.81 bits per heavy atom. The van der Waals surface area contributed by atoms with Gasteiger partial charge >= 0.3 is 0 Å². The van der Waals surface area contributed by atoms with Gasteiger partial charge < -0.3 is 5.32 Å². The first-order valence-electron chi connectivity index (χ1n) is 7.82. The Balaban J connectivity index is 2.29. The van der Waals surface area contributed by atoms with E-state index in [4.69, 9.17) is 0 Å². The van der Waals surface area contributed by atoms with Crippen LogP contribution >= 0.6 is 0 Å². The number of hydrogen-bond donors (Lipinski definition) is 1. The van der Waals surface area contributed by atoms with Crippen molar-refractivity contribution in [3.63, 3.8) is 0 Å². The van der Waals surface area contributed by atoms with E-state index in [1.807, 2.05) is 32.0 Å². The van der Waals surface area contributed by atoms with Crippen LogP contribution in [0, 0.1) is 0 Å². The second-order valence-corrected chi connectivity index (χ2v) is 7.70. The molecule has 0 aliphatic carbocycles. The molecule has 5 heteroatoms. The summed E-state index contributed by atoms with van der Waals surface area (Å²) in [6.45, 7) is 7.60. The van der Waals surface area contributed by atoms with Crippen LogP contribution in [0.15, 0.2) is 29.2 Å². The molecular formula is C16H26N2O2S. The predicted molar refractivity (Wildman–Crippen MR) is 85.7 cm³/mol. The molecular weight excluding hydrogens is 284 g/mol. The molecule has 1 aromatic carbocycles.